The summed E-state index contributed by atoms with van der Waals surface area (Å²) in [6, 6.07) is 5.42. The molecule has 0 aliphatic carbocycles. The van der Waals surface area contributed by atoms with Crippen LogP contribution in [0.2, 0.25) is 5.02 Å². The number of halogens is 1. The minimum atomic E-state index is -0.593. The summed E-state index contributed by atoms with van der Waals surface area (Å²) in [5.41, 5.74) is 4.13. The van der Waals surface area contributed by atoms with Crippen molar-refractivity contribution in [3.8, 4) is 0 Å². The van der Waals surface area contributed by atoms with Crippen LogP contribution in [0.15, 0.2) is 23.3 Å². The van der Waals surface area contributed by atoms with Gasteiger partial charge in [0, 0.05) is 23.3 Å². The SMILES string of the molecule is CNc1ccc(Cl)cc1/C(C)=N\NC(=O)OC(C)(C)C. The van der Waals surface area contributed by atoms with Crippen molar-refractivity contribution in [2.45, 2.75) is 33.3 Å². The predicted octanol–water partition coefficient (Wildman–Crippen LogP) is 3.63. The van der Waals surface area contributed by atoms with Crippen molar-refractivity contribution in [2.24, 2.45) is 5.10 Å². The number of hydrazone groups is 1. The molecule has 1 aromatic rings. The average Bonchev–Trinajstić information content (AvgIpc) is 2.33. The van der Waals surface area contributed by atoms with Gasteiger partial charge in [-0.3, -0.25) is 0 Å². The number of hydrogen-bond donors (Lipinski definition) is 2. The zero-order valence-electron chi connectivity index (χ0n) is 12.4. The molecule has 0 aromatic heterocycles. The van der Waals surface area contributed by atoms with Crippen molar-refractivity contribution >= 4 is 29.1 Å². The molecule has 110 valence electrons. The summed E-state index contributed by atoms with van der Waals surface area (Å²) < 4.78 is 5.11. The monoisotopic (exact) mass is 297 g/mol. The Morgan fingerprint density at radius 1 is 1.35 bits per heavy atom. The lowest BCUT2D eigenvalue weighted by molar-refractivity contribution is 0.0529. The summed E-state index contributed by atoms with van der Waals surface area (Å²) in [5, 5.41) is 7.67. The number of anilines is 1. The molecule has 1 rings (SSSR count). The van der Waals surface area contributed by atoms with Crippen LogP contribution in [0.25, 0.3) is 0 Å². The molecule has 5 nitrogen and oxygen atoms in total. The van der Waals surface area contributed by atoms with Gasteiger partial charge in [0.1, 0.15) is 5.60 Å². The number of amides is 1. The number of nitrogens with one attached hydrogen (secondary N) is 2. The Hall–Kier alpha value is -1.75. The molecular weight excluding hydrogens is 278 g/mol. The van der Waals surface area contributed by atoms with E-state index in [1.807, 2.05) is 6.07 Å². The van der Waals surface area contributed by atoms with Gasteiger partial charge in [0.15, 0.2) is 0 Å². The molecule has 1 aromatic carbocycles. The standard InChI is InChI=1S/C14H20ClN3O2/c1-9(17-18-13(19)20-14(2,3)4)11-8-10(15)6-7-12(11)16-5/h6-8,16H,1-5H3,(H,18,19)/b17-9-. The second-order valence-electron chi connectivity index (χ2n) is 5.25. The maximum absolute atomic E-state index is 11.5. The number of carbonyl (C=O) groups excluding carboxylic acids is 1. The largest absolute Gasteiger partial charge is 0.443 e. The number of benzene rings is 1. The van der Waals surface area contributed by atoms with Gasteiger partial charge in [-0.05, 0) is 45.9 Å². The second kappa shape index (κ2) is 6.61. The van der Waals surface area contributed by atoms with Gasteiger partial charge in [0.25, 0.3) is 0 Å². The lowest BCUT2D eigenvalue weighted by Gasteiger charge is -2.18. The van der Waals surface area contributed by atoms with E-state index in [9.17, 15) is 4.79 Å². The quantitative estimate of drug-likeness (QED) is 0.661. The highest BCUT2D eigenvalue weighted by Crippen LogP contribution is 2.21. The third-order valence-corrected chi connectivity index (χ3v) is 2.59. The van der Waals surface area contributed by atoms with E-state index in [0.29, 0.717) is 10.7 Å². The Balaban J connectivity index is 2.84. The van der Waals surface area contributed by atoms with Gasteiger partial charge in [-0.1, -0.05) is 11.6 Å². The number of carbonyl (C=O) groups is 1. The maximum atomic E-state index is 11.5. The Morgan fingerprint density at radius 2 is 2.00 bits per heavy atom. The van der Waals surface area contributed by atoms with Crippen molar-refractivity contribution in [2.75, 3.05) is 12.4 Å². The van der Waals surface area contributed by atoms with Crippen molar-refractivity contribution in [1.82, 2.24) is 5.43 Å². The molecule has 0 saturated carbocycles. The minimum Gasteiger partial charge on any atom is -0.443 e. The van der Waals surface area contributed by atoms with Crippen LogP contribution in [-0.4, -0.2) is 24.5 Å². The number of rotatable bonds is 3. The molecule has 0 heterocycles. The van der Waals surface area contributed by atoms with Crippen LogP contribution in [0.3, 0.4) is 0 Å². The average molecular weight is 298 g/mol. The molecule has 0 aliphatic heterocycles. The van der Waals surface area contributed by atoms with Crippen LogP contribution < -0.4 is 10.7 Å². The fraction of sp³-hybridized carbons (Fsp3) is 0.429. The van der Waals surface area contributed by atoms with Crippen LogP contribution in [0.1, 0.15) is 33.3 Å². The molecule has 0 aliphatic rings. The van der Waals surface area contributed by atoms with Crippen molar-refractivity contribution in [3.63, 3.8) is 0 Å². The summed E-state index contributed by atoms with van der Waals surface area (Å²) >= 11 is 5.97. The molecule has 2 N–H and O–H groups in total. The predicted molar refractivity (Wildman–Crippen MR) is 82.6 cm³/mol. The summed E-state index contributed by atoms with van der Waals surface area (Å²) in [6.07, 6.45) is -0.593. The van der Waals surface area contributed by atoms with Crippen LogP contribution in [-0.2, 0) is 4.74 Å². The highest BCUT2D eigenvalue weighted by molar-refractivity contribution is 6.31. The zero-order valence-corrected chi connectivity index (χ0v) is 13.1. The molecule has 0 saturated heterocycles. The summed E-state index contributed by atoms with van der Waals surface area (Å²) in [4.78, 5) is 11.5. The van der Waals surface area contributed by atoms with E-state index in [1.165, 1.54) is 0 Å². The topological polar surface area (TPSA) is 62.7 Å². The summed E-state index contributed by atoms with van der Waals surface area (Å²) in [6.45, 7) is 7.15. The molecule has 1 amide bonds. The molecule has 0 fully saturated rings. The van der Waals surface area contributed by atoms with Gasteiger partial charge >= 0.3 is 6.09 Å². The van der Waals surface area contributed by atoms with Crippen LogP contribution in [0.4, 0.5) is 10.5 Å². The molecule has 0 spiro atoms. The van der Waals surface area contributed by atoms with Gasteiger partial charge in [0.05, 0.1) is 5.71 Å². The third kappa shape index (κ3) is 5.09. The van der Waals surface area contributed by atoms with Gasteiger partial charge in [0.2, 0.25) is 0 Å². The van der Waals surface area contributed by atoms with E-state index in [-0.39, 0.29) is 0 Å². The second-order valence-corrected chi connectivity index (χ2v) is 5.69. The minimum absolute atomic E-state index is 0.556. The van der Waals surface area contributed by atoms with Crippen molar-refractivity contribution in [1.29, 1.82) is 0 Å². The lowest BCUT2D eigenvalue weighted by Crippen LogP contribution is -2.30. The first-order valence-electron chi connectivity index (χ1n) is 6.24. The molecule has 0 radical (unpaired) electrons. The van der Waals surface area contributed by atoms with Crippen molar-refractivity contribution in [3.05, 3.63) is 28.8 Å². The van der Waals surface area contributed by atoms with E-state index < -0.39 is 11.7 Å². The normalized spacial score (nSPS) is 12.0. The molecule has 20 heavy (non-hydrogen) atoms. The Bertz CT molecular complexity index is 522. The van der Waals surface area contributed by atoms with Gasteiger partial charge < -0.3 is 10.1 Å². The lowest BCUT2D eigenvalue weighted by atomic mass is 10.1. The molecular formula is C14H20ClN3O2. The molecule has 0 atom stereocenters. The van der Waals surface area contributed by atoms with E-state index in [4.69, 9.17) is 16.3 Å². The Labute approximate surface area is 124 Å². The fourth-order valence-corrected chi connectivity index (χ4v) is 1.70. The van der Waals surface area contributed by atoms with Gasteiger partial charge in [-0.25, -0.2) is 10.2 Å². The van der Waals surface area contributed by atoms with Crippen LogP contribution >= 0.6 is 11.6 Å². The molecule has 0 bridgehead atoms. The Kier molecular flexibility index (Phi) is 5.39. The van der Waals surface area contributed by atoms with E-state index >= 15 is 0 Å². The first-order valence-corrected chi connectivity index (χ1v) is 6.61. The smallest absolute Gasteiger partial charge is 0.428 e. The fourth-order valence-electron chi connectivity index (χ4n) is 1.52. The highest BCUT2D eigenvalue weighted by Gasteiger charge is 2.15. The van der Waals surface area contributed by atoms with Crippen LogP contribution in [0, 0.1) is 0 Å². The van der Waals surface area contributed by atoms with E-state index in [0.717, 1.165) is 11.3 Å². The first kappa shape index (κ1) is 16.3. The first-order chi connectivity index (χ1) is 9.23. The summed E-state index contributed by atoms with van der Waals surface area (Å²) in [7, 11) is 1.81. The third-order valence-electron chi connectivity index (χ3n) is 2.35. The molecule has 0 unspecified atom stereocenters. The van der Waals surface area contributed by atoms with Gasteiger partial charge in [-0.2, -0.15) is 5.10 Å². The van der Waals surface area contributed by atoms with Crippen molar-refractivity contribution < 1.29 is 9.53 Å². The molecule has 6 heteroatoms. The van der Waals surface area contributed by atoms with E-state index in [1.54, 1.807) is 46.9 Å². The Morgan fingerprint density at radius 3 is 2.55 bits per heavy atom. The zero-order chi connectivity index (χ0) is 15.3. The number of nitrogens with zero attached hydrogens (tertiary/aromatic N) is 1. The van der Waals surface area contributed by atoms with Gasteiger partial charge in [-0.15, -0.1) is 0 Å². The number of hydrogen-bond acceptors (Lipinski definition) is 4. The number of ether oxygens (including phenoxy) is 1. The highest BCUT2D eigenvalue weighted by atomic mass is 35.5. The van der Waals surface area contributed by atoms with E-state index in [2.05, 4.69) is 15.8 Å². The van der Waals surface area contributed by atoms with Crippen LogP contribution in [0.5, 0.6) is 0 Å². The summed E-state index contributed by atoms with van der Waals surface area (Å²) in [5.74, 6) is 0. The maximum Gasteiger partial charge on any atom is 0.428 e.